The summed E-state index contributed by atoms with van der Waals surface area (Å²) in [5, 5.41) is 0. The van der Waals surface area contributed by atoms with Crippen LogP contribution in [0.1, 0.15) is 13.3 Å². The van der Waals surface area contributed by atoms with Crippen molar-refractivity contribution < 1.29 is 17.5 Å². The number of alkyl halides is 1. The molecule has 1 aromatic heterocycles. The Kier molecular flexibility index (Phi) is 5.30. The van der Waals surface area contributed by atoms with E-state index in [-0.39, 0.29) is 17.9 Å². The van der Waals surface area contributed by atoms with Gasteiger partial charge in [-0.3, -0.25) is 4.39 Å². The van der Waals surface area contributed by atoms with Crippen LogP contribution in [0, 0.1) is 0 Å². The van der Waals surface area contributed by atoms with Crippen molar-refractivity contribution in [3.63, 3.8) is 0 Å². The first-order valence-corrected chi connectivity index (χ1v) is 6.73. The Morgan fingerprint density at radius 2 is 2.24 bits per heavy atom. The second kappa shape index (κ2) is 6.51. The molecule has 0 saturated carbocycles. The van der Waals surface area contributed by atoms with Gasteiger partial charge in [0.2, 0.25) is 15.9 Å². The smallest absolute Gasteiger partial charge is 0.242 e. The minimum atomic E-state index is -3.60. The summed E-state index contributed by atoms with van der Waals surface area (Å²) in [6, 6.07) is 2.88. The van der Waals surface area contributed by atoms with Gasteiger partial charge in [0.25, 0.3) is 0 Å². The van der Waals surface area contributed by atoms with E-state index in [1.54, 1.807) is 0 Å². The maximum absolute atomic E-state index is 11.8. The van der Waals surface area contributed by atoms with Crippen LogP contribution in [0.5, 0.6) is 5.88 Å². The summed E-state index contributed by atoms with van der Waals surface area (Å²) < 4.78 is 42.5. The Bertz CT molecular complexity index is 433. The molecule has 0 spiro atoms. The average Bonchev–Trinajstić information content (AvgIpc) is 2.30. The van der Waals surface area contributed by atoms with E-state index in [0.717, 1.165) is 0 Å². The molecule has 0 atom stereocenters. The van der Waals surface area contributed by atoms with Crippen molar-refractivity contribution >= 4 is 10.0 Å². The van der Waals surface area contributed by atoms with Crippen LogP contribution in [0.2, 0.25) is 0 Å². The van der Waals surface area contributed by atoms with Gasteiger partial charge in [0.15, 0.2) is 0 Å². The highest BCUT2D eigenvalue weighted by molar-refractivity contribution is 7.89. The number of rotatable bonds is 7. The quantitative estimate of drug-likeness (QED) is 0.748. The van der Waals surface area contributed by atoms with Crippen molar-refractivity contribution in [2.45, 2.75) is 18.2 Å². The topological polar surface area (TPSA) is 68.3 Å². The second-order valence-corrected chi connectivity index (χ2v) is 4.97. The van der Waals surface area contributed by atoms with Crippen LogP contribution >= 0.6 is 0 Å². The van der Waals surface area contributed by atoms with Gasteiger partial charge in [-0.1, -0.05) is 0 Å². The molecule has 17 heavy (non-hydrogen) atoms. The lowest BCUT2D eigenvalue weighted by Gasteiger charge is -2.06. The van der Waals surface area contributed by atoms with E-state index in [2.05, 4.69) is 9.71 Å². The van der Waals surface area contributed by atoms with Crippen LogP contribution in [0.4, 0.5) is 4.39 Å². The highest BCUT2D eigenvalue weighted by Crippen LogP contribution is 2.11. The number of aromatic nitrogens is 1. The predicted octanol–water partition coefficient (Wildman–Crippen LogP) is 1.12. The number of nitrogens with zero attached hydrogens (tertiary/aromatic N) is 1. The van der Waals surface area contributed by atoms with E-state index in [9.17, 15) is 12.8 Å². The first kappa shape index (κ1) is 13.9. The van der Waals surface area contributed by atoms with Gasteiger partial charge < -0.3 is 4.74 Å². The summed E-state index contributed by atoms with van der Waals surface area (Å²) in [4.78, 5) is 3.89. The molecule has 7 heteroatoms. The lowest BCUT2D eigenvalue weighted by Crippen LogP contribution is -2.25. The molecule has 0 aromatic carbocycles. The Morgan fingerprint density at radius 3 is 2.76 bits per heavy atom. The van der Waals surface area contributed by atoms with Crippen molar-refractivity contribution in [3.8, 4) is 5.88 Å². The summed E-state index contributed by atoms with van der Waals surface area (Å²) in [6.45, 7) is 1.80. The van der Waals surface area contributed by atoms with E-state index >= 15 is 0 Å². The van der Waals surface area contributed by atoms with Crippen LogP contribution in [-0.2, 0) is 10.0 Å². The maximum Gasteiger partial charge on any atom is 0.242 e. The Morgan fingerprint density at radius 1 is 1.47 bits per heavy atom. The molecule has 0 radical (unpaired) electrons. The number of hydrogen-bond donors (Lipinski definition) is 1. The van der Waals surface area contributed by atoms with Gasteiger partial charge in [0.1, 0.15) is 4.90 Å². The molecule has 0 saturated heterocycles. The maximum atomic E-state index is 11.8. The predicted molar refractivity (Wildman–Crippen MR) is 61.2 cm³/mol. The van der Waals surface area contributed by atoms with Gasteiger partial charge in [-0.2, -0.15) is 0 Å². The number of sulfonamides is 1. The summed E-state index contributed by atoms with van der Waals surface area (Å²) in [5.74, 6) is 0.371. The van der Waals surface area contributed by atoms with E-state index in [0.29, 0.717) is 12.5 Å². The van der Waals surface area contributed by atoms with Crippen LogP contribution < -0.4 is 9.46 Å². The van der Waals surface area contributed by atoms with Crippen molar-refractivity contribution in [3.05, 3.63) is 18.3 Å². The van der Waals surface area contributed by atoms with Gasteiger partial charge in [-0.15, -0.1) is 0 Å². The van der Waals surface area contributed by atoms with Crippen LogP contribution in [-0.4, -0.2) is 33.2 Å². The molecule has 0 aliphatic rings. The SMILES string of the molecule is CCOc1ccc(S(=O)(=O)NCCCF)cn1. The van der Waals surface area contributed by atoms with Crippen molar-refractivity contribution in [2.24, 2.45) is 0 Å². The summed E-state index contributed by atoms with van der Waals surface area (Å²) >= 11 is 0. The fourth-order valence-corrected chi connectivity index (χ4v) is 2.13. The minimum Gasteiger partial charge on any atom is -0.478 e. The normalized spacial score (nSPS) is 11.4. The van der Waals surface area contributed by atoms with E-state index in [4.69, 9.17) is 4.74 Å². The van der Waals surface area contributed by atoms with Gasteiger partial charge >= 0.3 is 0 Å². The molecule has 1 aromatic rings. The zero-order valence-electron chi connectivity index (χ0n) is 9.52. The molecule has 0 unspecified atom stereocenters. The van der Waals surface area contributed by atoms with Gasteiger partial charge in [-0.25, -0.2) is 18.1 Å². The number of nitrogens with one attached hydrogen (secondary N) is 1. The third-order valence-electron chi connectivity index (χ3n) is 1.91. The molecular weight excluding hydrogens is 247 g/mol. The van der Waals surface area contributed by atoms with Gasteiger partial charge in [0, 0.05) is 12.6 Å². The van der Waals surface area contributed by atoms with Crippen molar-refractivity contribution in [2.75, 3.05) is 19.8 Å². The number of ether oxygens (including phenoxy) is 1. The van der Waals surface area contributed by atoms with Crippen LogP contribution in [0.25, 0.3) is 0 Å². The number of pyridine rings is 1. The third kappa shape index (κ3) is 4.27. The zero-order chi connectivity index (χ0) is 12.7. The molecule has 1 heterocycles. The minimum absolute atomic E-state index is 0.0415. The third-order valence-corrected chi connectivity index (χ3v) is 3.36. The molecule has 0 amide bonds. The molecule has 0 bridgehead atoms. The van der Waals surface area contributed by atoms with E-state index < -0.39 is 16.7 Å². The molecular formula is C10H15FN2O3S. The molecule has 0 aliphatic heterocycles. The van der Waals surface area contributed by atoms with Crippen LogP contribution in [0.3, 0.4) is 0 Å². The first-order chi connectivity index (χ1) is 8.10. The first-order valence-electron chi connectivity index (χ1n) is 5.24. The Hall–Kier alpha value is -1.21. The highest BCUT2D eigenvalue weighted by atomic mass is 32.2. The number of halogens is 1. The molecule has 1 N–H and O–H groups in total. The molecule has 0 fully saturated rings. The lowest BCUT2D eigenvalue weighted by molar-refractivity contribution is 0.326. The average molecular weight is 262 g/mol. The highest BCUT2D eigenvalue weighted by Gasteiger charge is 2.13. The second-order valence-electron chi connectivity index (χ2n) is 3.21. The van der Waals surface area contributed by atoms with Gasteiger partial charge in [-0.05, 0) is 19.4 Å². The van der Waals surface area contributed by atoms with Crippen molar-refractivity contribution in [1.82, 2.24) is 9.71 Å². The fraction of sp³-hybridized carbons (Fsp3) is 0.500. The van der Waals surface area contributed by atoms with E-state index in [1.165, 1.54) is 18.3 Å². The molecule has 1 rings (SSSR count). The summed E-state index contributed by atoms with van der Waals surface area (Å²) in [7, 11) is -3.60. The monoisotopic (exact) mass is 262 g/mol. The van der Waals surface area contributed by atoms with Crippen molar-refractivity contribution in [1.29, 1.82) is 0 Å². The molecule has 5 nitrogen and oxygen atoms in total. The molecule has 0 aliphatic carbocycles. The Balaban J connectivity index is 2.71. The van der Waals surface area contributed by atoms with E-state index in [1.807, 2.05) is 6.92 Å². The molecule has 96 valence electrons. The fourth-order valence-electron chi connectivity index (χ4n) is 1.12. The lowest BCUT2D eigenvalue weighted by atomic mass is 10.5. The zero-order valence-corrected chi connectivity index (χ0v) is 10.3. The largest absolute Gasteiger partial charge is 0.478 e. The van der Waals surface area contributed by atoms with Crippen LogP contribution in [0.15, 0.2) is 23.2 Å². The summed E-state index contributed by atoms with van der Waals surface area (Å²) in [6.07, 6.45) is 1.37. The standard InChI is InChI=1S/C10H15FN2O3S/c1-2-16-10-5-4-9(8-12-10)17(14,15)13-7-3-6-11/h4-5,8,13H,2-3,6-7H2,1H3. The van der Waals surface area contributed by atoms with Gasteiger partial charge in [0.05, 0.1) is 19.5 Å². The number of hydrogen-bond acceptors (Lipinski definition) is 4. The summed E-state index contributed by atoms with van der Waals surface area (Å²) in [5.41, 5.74) is 0. The Labute approximate surface area is 100 Å².